The lowest BCUT2D eigenvalue weighted by atomic mass is 10.1. The molecule has 0 aromatic heterocycles. The maximum Gasteiger partial charge on any atom is 0.243 e. The molecule has 0 aromatic carbocycles. The Bertz CT molecular complexity index is 350. The molecule has 1 rings (SSSR count). The van der Waals surface area contributed by atoms with E-state index in [1.54, 1.807) is 19.0 Å². The summed E-state index contributed by atoms with van der Waals surface area (Å²) in [5.74, 6) is 0.738. The minimum absolute atomic E-state index is 0.0129. The molecule has 0 spiro atoms. The van der Waals surface area contributed by atoms with Crippen molar-refractivity contribution in [3.05, 3.63) is 0 Å². The molecule has 0 aromatic rings. The van der Waals surface area contributed by atoms with Crippen LogP contribution in [0.5, 0.6) is 0 Å². The molecule has 0 saturated carbocycles. The van der Waals surface area contributed by atoms with Crippen LogP contribution in [0.25, 0.3) is 0 Å². The van der Waals surface area contributed by atoms with E-state index in [2.05, 4.69) is 27.4 Å². The molecule has 6 heteroatoms. The average Bonchev–Trinajstić information content (AvgIpc) is 2.52. The fourth-order valence-electron chi connectivity index (χ4n) is 2.57. The van der Waals surface area contributed by atoms with E-state index in [1.165, 1.54) is 32.4 Å². The molecule has 1 aliphatic heterocycles. The van der Waals surface area contributed by atoms with Crippen molar-refractivity contribution in [2.75, 3.05) is 46.8 Å². The lowest BCUT2D eigenvalue weighted by molar-refractivity contribution is -0.127. The van der Waals surface area contributed by atoms with Crippen molar-refractivity contribution in [1.29, 1.82) is 0 Å². The molecule has 2 N–H and O–H groups in total. The SMILES string of the molecule is CCNC(=NCC(=O)N(C)C)NCCC(C)N1CCCCC1. The van der Waals surface area contributed by atoms with Crippen LogP contribution < -0.4 is 10.6 Å². The summed E-state index contributed by atoms with van der Waals surface area (Å²) in [5.41, 5.74) is 0. The van der Waals surface area contributed by atoms with Crippen molar-refractivity contribution in [3.8, 4) is 0 Å². The monoisotopic (exact) mass is 311 g/mol. The quantitative estimate of drug-likeness (QED) is 0.542. The highest BCUT2D eigenvalue weighted by Gasteiger charge is 2.16. The van der Waals surface area contributed by atoms with Crippen LogP contribution in [0.1, 0.15) is 39.5 Å². The van der Waals surface area contributed by atoms with Gasteiger partial charge < -0.3 is 20.4 Å². The van der Waals surface area contributed by atoms with Crippen LogP contribution in [0.15, 0.2) is 4.99 Å². The highest BCUT2D eigenvalue weighted by Crippen LogP contribution is 2.13. The van der Waals surface area contributed by atoms with E-state index in [-0.39, 0.29) is 12.5 Å². The first-order valence-electron chi connectivity index (χ1n) is 8.51. The minimum Gasteiger partial charge on any atom is -0.357 e. The Kier molecular flexibility index (Phi) is 8.89. The molecule has 6 nitrogen and oxygen atoms in total. The van der Waals surface area contributed by atoms with Gasteiger partial charge >= 0.3 is 0 Å². The first-order valence-corrected chi connectivity index (χ1v) is 8.51. The molecular formula is C16H33N5O. The van der Waals surface area contributed by atoms with Gasteiger partial charge in [-0.15, -0.1) is 0 Å². The summed E-state index contributed by atoms with van der Waals surface area (Å²) in [7, 11) is 3.50. The van der Waals surface area contributed by atoms with Crippen LogP contribution in [0.4, 0.5) is 0 Å². The summed E-state index contributed by atoms with van der Waals surface area (Å²) in [6.07, 6.45) is 5.12. The molecule has 1 saturated heterocycles. The highest BCUT2D eigenvalue weighted by atomic mass is 16.2. The molecule has 1 fully saturated rings. The number of amides is 1. The predicted molar refractivity (Wildman–Crippen MR) is 92.2 cm³/mol. The Morgan fingerprint density at radius 2 is 1.91 bits per heavy atom. The van der Waals surface area contributed by atoms with Crippen LogP contribution >= 0.6 is 0 Å². The van der Waals surface area contributed by atoms with E-state index < -0.39 is 0 Å². The molecule has 0 radical (unpaired) electrons. The molecule has 0 bridgehead atoms. The summed E-state index contributed by atoms with van der Waals surface area (Å²) >= 11 is 0. The van der Waals surface area contributed by atoms with E-state index >= 15 is 0 Å². The number of aliphatic imine (C=N–C) groups is 1. The third-order valence-corrected chi connectivity index (χ3v) is 4.08. The zero-order valence-electron chi connectivity index (χ0n) is 14.7. The van der Waals surface area contributed by atoms with Crippen LogP contribution in [0, 0.1) is 0 Å². The summed E-state index contributed by atoms with van der Waals surface area (Å²) in [6.45, 7) is 8.64. The van der Waals surface area contributed by atoms with Crippen molar-refractivity contribution in [3.63, 3.8) is 0 Å². The Labute approximate surface area is 135 Å². The van der Waals surface area contributed by atoms with Crippen molar-refractivity contribution in [2.24, 2.45) is 4.99 Å². The number of rotatable bonds is 7. The first kappa shape index (κ1) is 18.7. The van der Waals surface area contributed by atoms with Gasteiger partial charge in [0.1, 0.15) is 6.54 Å². The Morgan fingerprint density at radius 3 is 2.50 bits per heavy atom. The summed E-state index contributed by atoms with van der Waals surface area (Å²) < 4.78 is 0. The third kappa shape index (κ3) is 7.11. The van der Waals surface area contributed by atoms with E-state index in [1.807, 2.05) is 6.92 Å². The molecule has 1 amide bonds. The smallest absolute Gasteiger partial charge is 0.243 e. The van der Waals surface area contributed by atoms with Crippen molar-refractivity contribution >= 4 is 11.9 Å². The van der Waals surface area contributed by atoms with Gasteiger partial charge in [0.15, 0.2) is 5.96 Å². The van der Waals surface area contributed by atoms with E-state index in [4.69, 9.17) is 0 Å². The number of piperidine rings is 1. The maximum atomic E-state index is 11.6. The van der Waals surface area contributed by atoms with E-state index in [0.29, 0.717) is 6.04 Å². The van der Waals surface area contributed by atoms with Gasteiger partial charge in [0.2, 0.25) is 5.91 Å². The van der Waals surface area contributed by atoms with Crippen molar-refractivity contribution in [1.82, 2.24) is 20.4 Å². The number of likely N-dealkylation sites (N-methyl/N-ethyl adjacent to an activating group) is 1. The molecule has 1 atom stereocenters. The fraction of sp³-hybridized carbons (Fsp3) is 0.875. The van der Waals surface area contributed by atoms with Gasteiger partial charge in [0.25, 0.3) is 0 Å². The van der Waals surface area contributed by atoms with Gasteiger partial charge in [0, 0.05) is 33.2 Å². The third-order valence-electron chi connectivity index (χ3n) is 4.08. The maximum absolute atomic E-state index is 11.6. The van der Waals surface area contributed by atoms with Crippen LogP contribution in [-0.2, 0) is 4.79 Å². The molecule has 0 aliphatic carbocycles. The number of hydrogen-bond donors (Lipinski definition) is 2. The van der Waals surface area contributed by atoms with Crippen LogP contribution in [0.2, 0.25) is 0 Å². The second-order valence-corrected chi connectivity index (χ2v) is 6.14. The lowest BCUT2D eigenvalue weighted by Crippen LogP contribution is -2.42. The summed E-state index contributed by atoms with van der Waals surface area (Å²) in [4.78, 5) is 20.1. The molecular weight excluding hydrogens is 278 g/mol. The number of guanidine groups is 1. The van der Waals surface area contributed by atoms with Gasteiger partial charge in [0.05, 0.1) is 0 Å². The van der Waals surface area contributed by atoms with Gasteiger partial charge in [-0.25, -0.2) is 4.99 Å². The number of nitrogens with zero attached hydrogens (tertiary/aromatic N) is 3. The zero-order chi connectivity index (χ0) is 16.4. The fourth-order valence-corrected chi connectivity index (χ4v) is 2.57. The summed E-state index contributed by atoms with van der Waals surface area (Å²) in [5, 5.41) is 6.51. The van der Waals surface area contributed by atoms with E-state index in [9.17, 15) is 4.79 Å². The second-order valence-electron chi connectivity index (χ2n) is 6.14. The topological polar surface area (TPSA) is 60.0 Å². The van der Waals surface area contributed by atoms with Gasteiger partial charge in [-0.05, 0) is 46.2 Å². The standard InChI is InChI=1S/C16H33N5O/c1-5-17-16(19-13-15(22)20(3)4)18-10-9-14(2)21-11-7-6-8-12-21/h14H,5-13H2,1-4H3,(H2,17,18,19). The largest absolute Gasteiger partial charge is 0.357 e. The number of carbonyl (C=O) groups is 1. The molecule has 1 unspecified atom stereocenters. The first-order chi connectivity index (χ1) is 10.5. The minimum atomic E-state index is 0.0129. The van der Waals surface area contributed by atoms with Gasteiger partial charge in [-0.2, -0.15) is 0 Å². The van der Waals surface area contributed by atoms with Crippen molar-refractivity contribution in [2.45, 2.75) is 45.6 Å². The molecule has 128 valence electrons. The zero-order valence-corrected chi connectivity index (χ0v) is 14.7. The second kappa shape index (κ2) is 10.4. The Balaban J connectivity index is 2.33. The molecule has 22 heavy (non-hydrogen) atoms. The van der Waals surface area contributed by atoms with E-state index in [0.717, 1.165) is 25.5 Å². The average molecular weight is 311 g/mol. The number of hydrogen-bond acceptors (Lipinski definition) is 3. The molecule has 1 aliphatic rings. The molecule has 1 heterocycles. The number of nitrogens with one attached hydrogen (secondary N) is 2. The van der Waals surface area contributed by atoms with Gasteiger partial charge in [-0.3, -0.25) is 4.79 Å². The highest BCUT2D eigenvalue weighted by molar-refractivity contribution is 5.84. The Hall–Kier alpha value is -1.30. The normalized spacial score (nSPS) is 17.9. The predicted octanol–water partition coefficient (Wildman–Crippen LogP) is 0.894. The van der Waals surface area contributed by atoms with Crippen LogP contribution in [0.3, 0.4) is 0 Å². The number of likely N-dealkylation sites (tertiary alicyclic amines) is 1. The van der Waals surface area contributed by atoms with Crippen LogP contribution in [-0.4, -0.2) is 74.5 Å². The number of carbonyl (C=O) groups excluding carboxylic acids is 1. The van der Waals surface area contributed by atoms with Crippen molar-refractivity contribution < 1.29 is 4.79 Å². The van der Waals surface area contributed by atoms with Gasteiger partial charge in [-0.1, -0.05) is 6.42 Å². The lowest BCUT2D eigenvalue weighted by Gasteiger charge is -2.32. The summed E-state index contributed by atoms with van der Waals surface area (Å²) in [6, 6.07) is 0.596. The Morgan fingerprint density at radius 1 is 1.23 bits per heavy atom.